The molecule has 1 heterocycles. The summed E-state index contributed by atoms with van der Waals surface area (Å²) in [5, 5.41) is 11.9. The van der Waals surface area contributed by atoms with Crippen molar-refractivity contribution in [3.63, 3.8) is 0 Å². The molecule has 0 saturated carbocycles. The Balaban J connectivity index is 2.24. The van der Waals surface area contributed by atoms with Gasteiger partial charge in [0.1, 0.15) is 0 Å². The van der Waals surface area contributed by atoms with Gasteiger partial charge < -0.3 is 15.2 Å². The second-order valence-electron chi connectivity index (χ2n) is 4.83. The number of hydrogen-bond donors (Lipinski definition) is 2. The van der Waals surface area contributed by atoms with Crippen LogP contribution in [0.2, 0.25) is 0 Å². The predicted octanol–water partition coefficient (Wildman–Crippen LogP) is 1.33. The first kappa shape index (κ1) is 14.5. The molecule has 0 aromatic heterocycles. The molecular formula is C13H25NO3. The van der Waals surface area contributed by atoms with Gasteiger partial charge in [0.25, 0.3) is 0 Å². The van der Waals surface area contributed by atoms with Gasteiger partial charge in [0.2, 0.25) is 5.91 Å². The Morgan fingerprint density at radius 1 is 1.53 bits per heavy atom. The summed E-state index contributed by atoms with van der Waals surface area (Å²) < 4.78 is 5.30. The molecule has 17 heavy (non-hydrogen) atoms. The topological polar surface area (TPSA) is 58.6 Å². The van der Waals surface area contributed by atoms with Crippen LogP contribution < -0.4 is 5.32 Å². The molecule has 2 N–H and O–H groups in total. The summed E-state index contributed by atoms with van der Waals surface area (Å²) in [4.78, 5) is 11.9. The summed E-state index contributed by atoms with van der Waals surface area (Å²) in [6.45, 7) is 4.36. The third-order valence-electron chi connectivity index (χ3n) is 3.33. The lowest BCUT2D eigenvalue weighted by molar-refractivity contribution is -0.129. The minimum atomic E-state index is 0.0279. The highest BCUT2D eigenvalue weighted by molar-refractivity contribution is 5.78. The molecule has 1 fully saturated rings. The van der Waals surface area contributed by atoms with Crippen molar-refractivity contribution in [3.8, 4) is 0 Å². The van der Waals surface area contributed by atoms with Crippen molar-refractivity contribution < 1.29 is 14.6 Å². The molecule has 0 radical (unpaired) electrons. The summed E-state index contributed by atoms with van der Waals surface area (Å²) in [7, 11) is 0. The normalized spacial score (nSPS) is 22.1. The van der Waals surface area contributed by atoms with Crippen molar-refractivity contribution in [2.45, 2.75) is 39.0 Å². The first-order valence-corrected chi connectivity index (χ1v) is 6.74. The van der Waals surface area contributed by atoms with Crippen LogP contribution in [0.3, 0.4) is 0 Å². The van der Waals surface area contributed by atoms with Crippen LogP contribution in [0, 0.1) is 11.8 Å². The van der Waals surface area contributed by atoms with Gasteiger partial charge in [-0.25, -0.2) is 0 Å². The van der Waals surface area contributed by atoms with Gasteiger partial charge in [-0.15, -0.1) is 0 Å². The summed E-state index contributed by atoms with van der Waals surface area (Å²) in [6.07, 6.45) is 4.84. The van der Waals surface area contributed by atoms with Gasteiger partial charge in [-0.2, -0.15) is 0 Å². The van der Waals surface area contributed by atoms with Crippen LogP contribution in [-0.2, 0) is 9.53 Å². The lowest BCUT2D eigenvalue weighted by Crippen LogP contribution is -2.38. The van der Waals surface area contributed by atoms with Crippen molar-refractivity contribution in [3.05, 3.63) is 0 Å². The number of aliphatic hydroxyl groups excluding tert-OH is 1. The highest BCUT2D eigenvalue weighted by atomic mass is 16.5. The average molecular weight is 243 g/mol. The first-order chi connectivity index (χ1) is 8.27. The molecule has 100 valence electrons. The maximum atomic E-state index is 11.9. The van der Waals surface area contributed by atoms with Crippen molar-refractivity contribution in [2.75, 3.05) is 26.4 Å². The zero-order valence-corrected chi connectivity index (χ0v) is 10.8. The fraction of sp³-hybridized carbons (Fsp3) is 0.923. The van der Waals surface area contributed by atoms with Gasteiger partial charge in [0.05, 0.1) is 12.5 Å². The minimum absolute atomic E-state index is 0.0279. The van der Waals surface area contributed by atoms with Crippen LogP contribution in [0.1, 0.15) is 39.0 Å². The Morgan fingerprint density at radius 3 is 2.94 bits per heavy atom. The van der Waals surface area contributed by atoms with E-state index in [0.717, 1.165) is 38.7 Å². The second-order valence-corrected chi connectivity index (χ2v) is 4.83. The predicted molar refractivity (Wildman–Crippen MR) is 66.7 cm³/mol. The van der Waals surface area contributed by atoms with Crippen LogP contribution in [0.25, 0.3) is 0 Å². The van der Waals surface area contributed by atoms with E-state index in [1.54, 1.807) is 0 Å². The number of aliphatic hydroxyl groups is 1. The Kier molecular flexibility index (Phi) is 7.21. The molecule has 0 aliphatic carbocycles. The quantitative estimate of drug-likeness (QED) is 0.709. The summed E-state index contributed by atoms with van der Waals surface area (Å²) >= 11 is 0. The van der Waals surface area contributed by atoms with E-state index in [1.165, 1.54) is 0 Å². The van der Waals surface area contributed by atoms with E-state index >= 15 is 0 Å². The average Bonchev–Trinajstić information content (AvgIpc) is 2.37. The SMILES string of the molecule is CCCC(CCO)CNC(=O)C1CCCOC1. The molecular weight excluding hydrogens is 218 g/mol. The van der Waals surface area contributed by atoms with E-state index in [9.17, 15) is 4.79 Å². The Morgan fingerprint density at radius 2 is 2.35 bits per heavy atom. The molecule has 1 aliphatic rings. The van der Waals surface area contributed by atoms with E-state index in [-0.39, 0.29) is 18.4 Å². The number of carbonyl (C=O) groups excluding carboxylic acids is 1. The molecule has 1 amide bonds. The van der Waals surface area contributed by atoms with Gasteiger partial charge in [-0.3, -0.25) is 4.79 Å². The van der Waals surface area contributed by atoms with Gasteiger partial charge in [0, 0.05) is 19.8 Å². The van der Waals surface area contributed by atoms with Gasteiger partial charge in [0.15, 0.2) is 0 Å². The second kappa shape index (κ2) is 8.48. The van der Waals surface area contributed by atoms with E-state index in [0.29, 0.717) is 19.1 Å². The number of amides is 1. The monoisotopic (exact) mass is 243 g/mol. The highest BCUT2D eigenvalue weighted by Crippen LogP contribution is 2.14. The number of carbonyl (C=O) groups is 1. The standard InChI is InChI=1S/C13H25NO3/c1-2-4-11(6-7-15)9-14-13(16)12-5-3-8-17-10-12/h11-12,15H,2-10H2,1H3,(H,14,16). The smallest absolute Gasteiger partial charge is 0.225 e. The van der Waals surface area contributed by atoms with E-state index < -0.39 is 0 Å². The lowest BCUT2D eigenvalue weighted by atomic mass is 9.98. The molecule has 2 atom stereocenters. The van der Waals surface area contributed by atoms with Crippen molar-refractivity contribution in [1.29, 1.82) is 0 Å². The van der Waals surface area contributed by atoms with Crippen LogP contribution >= 0.6 is 0 Å². The zero-order chi connectivity index (χ0) is 12.5. The first-order valence-electron chi connectivity index (χ1n) is 6.74. The number of nitrogens with one attached hydrogen (secondary N) is 1. The maximum Gasteiger partial charge on any atom is 0.225 e. The number of ether oxygens (including phenoxy) is 1. The molecule has 0 aromatic carbocycles. The van der Waals surface area contributed by atoms with Crippen LogP contribution in [0.4, 0.5) is 0 Å². The molecule has 4 nitrogen and oxygen atoms in total. The molecule has 4 heteroatoms. The number of hydrogen-bond acceptors (Lipinski definition) is 3. The maximum absolute atomic E-state index is 11.9. The Bertz CT molecular complexity index is 209. The Labute approximate surface area is 104 Å². The highest BCUT2D eigenvalue weighted by Gasteiger charge is 2.22. The van der Waals surface area contributed by atoms with Crippen molar-refractivity contribution in [1.82, 2.24) is 5.32 Å². The van der Waals surface area contributed by atoms with E-state index in [1.807, 2.05) is 0 Å². The van der Waals surface area contributed by atoms with Crippen molar-refractivity contribution in [2.24, 2.45) is 11.8 Å². The number of rotatable bonds is 7. The third-order valence-corrected chi connectivity index (χ3v) is 3.33. The molecule has 0 bridgehead atoms. The van der Waals surface area contributed by atoms with Crippen LogP contribution in [-0.4, -0.2) is 37.4 Å². The molecule has 0 spiro atoms. The summed E-state index contributed by atoms with van der Waals surface area (Å²) in [6, 6.07) is 0. The summed E-state index contributed by atoms with van der Waals surface area (Å²) in [5.41, 5.74) is 0. The molecule has 1 rings (SSSR count). The third kappa shape index (κ3) is 5.50. The Hall–Kier alpha value is -0.610. The summed E-state index contributed by atoms with van der Waals surface area (Å²) in [5.74, 6) is 0.544. The minimum Gasteiger partial charge on any atom is -0.396 e. The zero-order valence-electron chi connectivity index (χ0n) is 10.8. The van der Waals surface area contributed by atoms with Crippen LogP contribution in [0.15, 0.2) is 0 Å². The largest absolute Gasteiger partial charge is 0.396 e. The molecule has 1 saturated heterocycles. The molecule has 2 unspecified atom stereocenters. The fourth-order valence-electron chi connectivity index (χ4n) is 2.28. The van der Waals surface area contributed by atoms with E-state index in [4.69, 9.17) is 9.84 Å². The van der Waals surface area contributed by atoms with Gasteiger partial charge >= 0.3 is 0 Å². The van der Waals surface area contributed by atoms with Crippen LogP contribution in [0.5, 0.6) is 0 Å². The lowest BCUT2D eigenvalue weighted by Gasteiger charge is -2.23. The van der Waals surface area contributed by atoms with E-state index in [2.05, 4.69) is 12.2 Å². The van der Waals surface area contributed by atoms with Gasteiger partial charge in [-0.05, 0) is 31.6 Å². The van der Waals surface area contributed by atoms with Crippen molar-refractivity contribution >= 4 is 5.91 Å². The molecule has 1 aliphatic heterocycles. The fourth-order valence-corrected chi connectivity index (χ4v) is 2.28. The van der Waals surface area contributed by atoms with Gasteiger partial charge in [-0.1, -0.05) is 13.3 Å². The molecule has 0 aromatic rings.